The molecule has 472 valence electrons. The van der Waals surface area contributed by atoms with E-state index in [9.17, 15) is 0 Å². The molecule has 0 aliphatic carbocycles. The first-order valence-corrected chi connectivity index (χ1v) is 35.2. The van der Waals surface area contributed by atoms with Crippen molar-refractivity contribution in [2.45, 2.75) is 0 Å². The maximum absolute atomic E-state index is 7.00. The van der Waals surface area contributed by atoms with Crippen LogP contribution in [0, 0.1) is 0 Å². The van der Waals surface area contributed by atoms with Gasteiger partial charge in [-0.15, -0.1) is 0 Å². The molecule has 0 aliphatic heterocycles. The average molecular weight is 1290 g/mol. The summed E-state index contributed by atoms with van der Waals surface area (Å²) in [6.07, 6.45) is 0. The molecular weight excluding hydrogens is 1230 g/mol. The van der Waals surface area contributed by atoms with Crippen LogP contribution in [0.15, 0.2) is 373 Å². The maximum Gasteiger partial charge on any atom is 0.143 e. The van der Waals surface area contributed by atoms with Crippen molar-refractivity contribution in [2.75, 3.05) is 0 Å². The van der Waals surface area contributed by atoms with Gasteiger partial charge in [-0.2, -0.15) is 0 Å². The van der Waals surface area contributed by atoms with Gasteiger partial charge in [-0.1, -0.05) is 322 Å². The molecule has 0 unspecified atom stereocenters. The SMILES string of the molecule is c1ccc(-c2ccccc2-c2c3ccccc3c(-c3ccc4oc5c(-c6ccc(-c7ccc(-c8c9ccccc9c(-c9cc(-c%10cccc%11ccccc%10%11)cc%10oc%11ccccc%11c9%10)c9ccccc89)c(-c8cc9ccccc9c9ccccc89)c7)cc6)cccc5c4c3)c3ccccc23)cc1. The van der Waals surface area contributed by atoms with Gasteiger partial charge in [0.1, 0.15) is 22.3 Å². The van der Waals surface area contributed by atoms with Crippen LogP contribution < -0.4 is 0 Å². The summed E-state index contributed by atoms with van der Waals surface area (Å²) in [6, 6.07) is 134. The van der Waals surface area contributed by atoms with E-state index in [2.05, 4.69) is 364 Å². The molecule has 0 saturated carbocycles. The number of hydrogen-bond donors (Lipinski definition) is 0. The van der Waals surface area contributed by atoms with Gasteiger partial charge in [-0.05, 0) is 212 Å². The number of furan rings is 2. The minimum Gasteiger partial charge on any atom is -0.456 e. The molecule has 0 radical (unpaired) electrons. The summed E-state index contributed by atoms with van der Waals surface area (Å²) in [5.41, 5.74) is 24.5. The molecule has 0 N–H and O–H groups in total. The Kier molecular flexibility index (Phi) is 13.1. The predicted molar refractivity (Wildman–Crippen MR) is 432 cm³/mol. The van der Waals surface area contributed by atoms with E-state index < -0.39 is 0 Å². The summed E-state index contributed by atoms with van der Waals surface area (Å²) in [7, 11) is 0. The van der Waals surface area contributed by atoms with Crippen molar-refractivity contribution in [3.63, 3.8) is 0 Å². The molecule has 2 nitrogen and oxygen atoms in total. The summed E-state index contributed by atoms with van der Waals surface area (Å²) < 4.78 is 13.9. The fourth-order valence-electron chi connectivity index (χ4n) is 17.2. The normalized spacial score (nSPS) is 11.9. The Morgan fingerprint density at radius 1 is 0.147 bits per heavy atom. The smallest absolute Gasteiger partial charge is 0.143 e. The molecular formula is C100H60O2. The zero-order valence-corrected chi connectivity index (χ0v) is 55.5. The lowest BCUT2D eigenvalue weighted by atomic mass is 9.81. The Balaban J connectivity index is 0.717. The molecule has 21 rings (SSSR count). The second-order valence-electron chi connectivity index (χ2n) is 27.1. The molecule has 0 saturated heterocycles. The fraction of sp³-hybridized carbons (Fsp3) is 0. The zero-order chi connectivity index (χ0) is 66.9. The highest BCUT2D eigenvalue weighted by molar-refractivity contribution is 6.29. The van der Waals surface area contributed by atoms with Crippen LogP contribution >= 0.6 is 0 Å². The molecule has 2 heterocycles. The van der Waals surface area contributed by atoms with E-state index in [1.807, 2.05) is 0 Å². The van der Waals surface area contributed by atoms with Crippen molar-refractivity contribution in [1.82, 2.24) is 0 Å². The summed E-state index contributed by atoms with van der Waals surface area (Å²) in [5.74, 6) is 0. The van der Waals surface area contributed by atoms with E-state index in [1.165, 1.54) is 137 Å². The van der Waals surface area contributed by atoms with Crippen LogP contribution in [-0.4, -0.2) is 0 Å². The lowest BCUT2D eigenvalue weighted by Crippen LogP contribution is -1.95. The standard InChI is InChI=1S/C100H60O2/c1-2-24-62(25-3-1)70-30-8-11-34-76(70)96-79-37-14-12-35-77(79)95(78-36-13-15-38-80(78)96)67-53-55-93-90(58-67)86-46-23-45-73(100(86)102-93)64-50-48-61(49-51-64)65-52-54-85(89(56-65)88-57-66-27-5-7-31-71(66)74-32-9-10-33-75(74)88)97-81-39-16-18-41-83(81)98(84-42-19-17-40-82(84)97)91-59-68(72-44-22-28-63-26-4-6-29-69(63)72)60-94-99(91)87-43-20-21-47-92(87)101-94/h1-60H. The van der Waals surface area contributed by atoms with E-state index in [1.54, 1.807) is 0 Å². The number of rotatable bonds is 9. The quantitative estimate of drug-likeness (QED) is 0.106. The van der Waals surface area contributed by atoms with Gasteiger partial charge in [0.2, 0.25) is 0 Å². The third-order valence-electron chi connectivity index (χ3n) is 21.7. The van der Waals surface area contributed by atoms with Gasteiger partial charge in [-0.25, -0.2) is 0 Å². The highest BCUT2D eigenvalue weighted by Crippen LogP contribution is 2.53. The molecule has 2 aromatic heterocycles. The van der Waals surface area contributed by atoms with Crippen LogP contribution in [0.5, 0.6) is 0 Å². The topological polar surface area (TPSA) is 26.3 Å². The molecule has 0 bridgehead atoms. The summed E-state index contributed by atoms with van der Waals surface area (Å²) >= 11 is 0. The first-order valence-electron chi connectivity index (χ1n) is 35.2. The first kappa shape index (κ1) is 57.6. The average Bonchev–Trinajstić information content (AvgIpc) is 1.08. The number of fused-ring (bicyclic) bond motifs is 14. The Hall–Kier alpha value is -13.4. The molecule has 0 fully saturated rings. The van der Waals surface area contributed by atoms with E-state index in [4.69, 9.17) is 8.83 Å². The fourth-order valence-corrected chi connectivity index (χ4v) is 17.2. The second kappa shape index (κ2) is 23.1. The molecule has 102 heavy (non-hydrogen) atoms. The van der Waals surface area contributed by atoms with E-state index in [-0.39, 0.29) is 0 Å². The molecule has 21 aromatic rings. The Labute approximate surface area is 588 Å². The van der Waals surface area contributed by atoms with Crippen molar-refractivity contribution < 1.29 is 8.83 Å². The van der Waals surface area contributed by atoms with Crippen LogP contribution in [0.2, 0.25) is 0 Å². The van der Waals surface area contributed by atoms with Crippen molar-refractivity contribution in [3.05, 3.63) is 364 Å². The third-order valence-corrected chi connectivity index (χ3v) is 21.7. The van der Waals surface area contributed by atoms with Crippen LogP contribution in [0.25, 0.3) is 219 Å². The molecule has 0 spiro atoms. The van der Waals surface area contributed by atoms with Gasteiger partial charge in [-0.3, -0.25) is 0 Å². The zero-order valence-electron chi connectivity index (χ0n) is 55.5. The van der Waals surface area contributed by atoms with Crippen LogP contribution in [-0.2, 0) is 0 Å². The van der Waals surface area contributed by atoms with Gasteiger partial charge in [0.05, 0.1) is 0 Å². The molecule has 19 aromatic carbocycles. The van der Waals surface area contributed by atoms with E-state index in [0.29, 0.717) is 0 Å². The minimum atomic E-state index is 0.860. The Morgan fingerprint density at radius 2 is 0.588 bits per heavy atom. The number of para-hydroxylation sites is 2. The molecule has 0 aliphatic rings. The Morgan fingerprint density at radius 3 is 1.27 bits per heavy atom. The summed E-state index contributed by atoms with van der Waals surface area (Å²) in [6.45, 7) is 0. The largest absolute Gasteiger partial charge is 0.456 e. The number of benzene rings is 19. The number of hydrogen-bond acceptors (Lipinski definition) is 2. The van der Waals surface area contributed by atoms with Crippen LogP contribution in [0.1, 0.15) is 0 Å². The van der Waals surface area contributed by atoms with Crippen molar-refractivity contribution in [2.24, 2.45) is 0 Å². The highest BCUT2D eigenvalue weighted by Gasteiger charge is 2.26. The van der Waals surface area contributed by atoms with Crippen molar-refractivity contribution >= 4 is 119 Å². The van der Waals surface area contributed by atoms with Crippen LogP contribution in [0.4, 0.5) is 0 Å². The minimum absolute atomic E-state index is 0.860. The lowest BCUT2D eigenvalue weighted by molar-refractivity contribution is 0.669. The molecule has 0 amide bonds. The highest BCUT2D eigenvalue weighted by atomic mass is 16.3. The lowest BCUT2D eigenvalue weighted by Gasteiger charge is -2.22. The van der Waals surface area contributed by atoms with E-state index in [0.717, 1.165) is 82.8 Å². The third kappa shape index (κ3) is 9.00. The van der Waals surface area contributed by atoms with Gasteiger partial charge < -0.3 is 8.83 Å². The first-order chi connectivity index (χ1) is 50.6. The Bertz CT molecular complexity index is 6930. The maximum atomic E-state index is 7.00. The summed E-state index contributed by atoms with van der Waals surface area (Å²) in [5, 5.41) is 21.3. The van der Waals surface area contributed by atoms with Gasteiger partial charge in [0.25, 0.3) is 0 Å². The van der Waals surface area contributed by atoms with E-state index >= 15 is 0 Å². The summed E-state index contributed by atoms with van der Waals surface area (Å²) in [4.78, 5) is 0. The second-order valence-corrected chi connectivity index (χ2v) is 27.1. The molecule has 2 heteroatoms. The molecule has 0 atom stereocenters. The monoisotopic (exact) mass is 1290 g/mol. The van der Waals surface area contributed by atoms with Gasteiger partial charge in [0, 0.05) is 27.1 Å². The predicted octanol–water partition coefficient (Wildman–Crippen LogP) is 28.6. The van der Waals surface area contributed by atoms with Crippen molar-refractivity contribution in [3.8, 4) is 100 Å². The van der Waals surface area contributed by atoms with Gasteiger partial charge in [0.15, 0.2) is 0 Å². The van der Waals surface area contributed by atoms with Gasteiger partial charge >= 0.3 is 0 Å². The van der Waals surface area contributed by atoms with Crippen LogP contribution in [0.3, 0.4) is 0 Å². The van der Waals surface area contributed by atoms with Crippen molar-refractivity contribution in [1.29, 1.82) is 0 Å².